The highest BCUT2D eigenvalue weighted by atomic mass is 32.2. The molecule has 1 aromatic rings. The Balaban J connectivity index is 2.98. The van der Waals surface area contributed by atoms with Gasteiger partial charge in [-0.15, -0.1) is 0 Å². The number of amides is 1. The minimum absolute atomic E-state index is 0.0911. The third-order valence-electron chi connectivity index (χ3n) is 2.69. The largest absolute Gasteiger partial charge is 0.383 e. The number of carbonyl (C=O) groups is 1. The zero-order chi connectivity index (χ0) is 14.4. The fourth-order valence-corrected chi connectivity index (χ4v) is 2.03. The number of thioether (sulfide) groups is 1. The molecule has 1 amide bonds. The van der Waals surface area contributed by atoms with Gasteiger partial charge in [0.25, 0.3) is 11.6 Å². The lowest BCUT2D eigenvalue weighted by Gasteiger charge is -2.16. The fourth-order valence-electron chi connectivity index (χ4n) is 1.58. The van der Waals surface area contributed by atoms with Crippen LogP contribution in [0.25, 0.3) is 0 Å². The van der Waals surface area contributed by atoms with Crippen molar-refractivity contribution in [3.8, 4) is 0 Å². The van der Waals surface area contributed by atoms with E-state index in [1.807, 2.05) is 6.26 Å². The first-order valence-corrected chi connectivity index (χ1v) is 7.11. The molecule has 0 unspecified atom stereocenters. The van der Waals surface area contributed by atoms with Crippen molar-refractivity contribution in [3.05, 3.63) is 33.9 Å². The van der Waals surface area contributed by atoms with Gasteiger partial charge >= 0.3 is 0 Å². The van der Waals surface area contributed by atoms with Crippen LogP contribution < -0.4 is 5.32 Å². The van der Waals surface area contributed by atoms with Gasteiger partial charge in [0.05, 0.1) is 4.92 Å². The van der Waals surface area contributed by atoms with Crippen molar-refractivity contribution in [1.82, 2.24) is 4.90 Å². The maximum absolute atomic E-state index is 12.1. The fraction of sp³-hybridized carbons (Fsp3) is 0.417. The van der Waals surface area contributed by atoms with E-state index in [9.17, 15) is 14.9 Å². The monoisotopic (exact) mass is 283 g/mol. The average molecular weight is 283 g/mol. The summed E-state index contributed by atoms with van der Waals surface area (Å²) in [6.07, 6.45) is 1.96. The SMILES string of the molecule is CNc1ccc(C(=O)N(C)CCSC)cc1[N+](=O)[O-]. The van der Waals surface area contributed by atoms with E-state index in [1.165, 1.54) is 6.07 Å². The molecule has 7 heteroatoms. The summed E-state index contributed by atoms with van der Waals surface area (Å²) in [7, 11) is 3.30. The van der Waals surface area contributed by atoms with Crippen molar-refractivity contribution in [1.29, 1.82) is 0 Å². The summed E-state index contributed by atoms with van der Waals surface area (Å²) in [6.45, 7) is 0.613. The Bertz CT molecular complexity index is 479. The Kier molecular flexibility index (Phi) is 5.62. The molecule has 0 aliphatic carbocycles. The molecule has 0 saturated heterocycles. The number of carbonyl (C=O) groups excluding carboxylic acids is 1. The van der Waals surface area contributed by atoms with E-state index in [0.717, 1.165) is 5.75 Å². The van der Waals surface area contributed by atoms with Crippen LogP contribution >= 0.6 is 11.8 Å². The molecule has 6 nitrogen and oxygen atoms in total. The molecule has 0 saturated carbocycles. The van der Waals surface area contributed by atoms with Gasteiger partial charge < -0.3 is 10.2 Å². The number of hydrogen-bond acceptors (Lipinski definition) is 5. The molecule has 104 valence electrons. The molecule has 0 heterocycles. The summed E-state index contributed by atoms with van der Waals surface area (Å²) in [5.41, 5.74) is 0.634. The third-order valence-corrected chi connectivity index (χ3v) is 3.28. The van der Waals surface area contributed by atoms with Gasteiger partial charge in [0.2, 0.25) is 0 Å². The van der Waals surface area contributed by atoms with E-state index in [1.54, 1.807) is 42.9 Å². The van der Waals surface area contributed by atoms with E-state index in [4.69, 9.17) is 0 Å². The number of nitrogens with one attached hydrogen (secondary N) is 1. The highest BCUT2D eigenvalue weighted by Crippen LogP contribution is 2.25. The first-order valence-electron chi connectivity index (χ1n) is 5.71. The Morgan fingerprint density at radius 3 is 2.74 bits per heavy atom. The van der Waals surface area contributed by atoms with Gasteiger partial charge in [-0.1, -0.05) is 0 Å². The number of benzene rings is 1. The van der Waals surface area contributed by atoms with E-state index in [2.05, 4.69) is 5.32 Å². The molecule has 0 radical (unpaired) electrons. The molecular weight excluding hydrogens is 266 g/mol. The number of nitrogens with zero attached hydrogens (tertiary/aromatic N) is 2. The molecule has 1 N–H and O–H groups in total. The first kappa shape index (κ1) is 15.3. The number of nitro groups is 1. The van der Waals surface area contributed by atoms with E-state index < -0.39 is 4.92 Å². The van der Waals surface area contributed by atoms with E-state index >= 15 is 0 Å². The highest BCUT2D eigenvalue weighted by molar-refractivity contribution is 7.98. The Morgan fingerprint density at radius 1 is 1.53 bits per heavy atom. The van der Waals surface area contributed by atoms with Crippen LogP contribution in [0.5, 0.6) is 0 Å². The van der Waals surface area contributed by atoms with Crippen LogP contribution in [0.1, 0.15) is 10.4 Å². The van der Waals surface area contributed by atoms with Crippen LogP contribution in [0.15, 0.2) is 18.2 Å². The summed E-state index contributed by atoms with van der Waals surface area (Å²) in [6, 6.07) is 4.45. The molecule has 19 heavy (non-hydrogen) atoms. The third kappa shape index (κ3) is 3.85. The van der Waals surface area contributed by atoms with E-state index in [0.29, 0.717) is 17.8 Å². The standard InChI is InChI=1S/C12H17N3O3S/c1-13-10-5-4-9(8-11(10)15(17)18)12(16)14(2)6-7-19-3/h4-5,8,13H,6-7H2,1-3H3. The van der Waals surface area contributed by atoms with Crippen LogP contribution in [-0.4, -0.2) is 48.4 Å². The van der Waals surface area contributed by atoms with Crippen LogP contribution in [-0.2, 0) is 0 Å². The molecule has 0 aliphatic heterocycles. The van der Waals surface area contributed by atoms with Crippen LogP contribution in [0.2, 0.25) is 0 Å². The Labute approximate surface area is 116 Å². The van der Waals surface area contributed by atoms with Gasteiger partial charge in [0.15, 0.2) is 0 Å². The summed E-state index contributed by atoms with van der Waals surface area (Å²) in [5.74, 6) is 0.624. The van der Waals surface area contributed by atoms with Gasteiger partial charge in [0, 0.05) is 38.0 Å². The first-order chi connectivity index (χ1) is 9.01. The van der Waals surface area contributed by atoms with Gasteiger partial charge in [-0.2, -0.15) is 11.8 Å². The van der Waals surface area contributed by atoms with Crippen molar-refractivity contribution in [2.24, 2.45) is 0 Å². The number of anilines is 1. The summed E-state index contributed by atoms with van der Waals surface area (Å²) in [4.78, 5) is 24.1. The minimum atomic E-state index is -0.496. The highest BCUT2D eigenvalue weighted by Gasteiger charge is 2.18. The van der Waals surface area contributed by atoms with Crippen molar-refractivity contribution in [2.45, 2.75) is 0 Å². The lowest BCUT2D eigenvalue weighted by molar-refractivity contribution is -0.384. The zero-order valence-electron chi connectivity index (χ0n) is 11.2. The predicted molar refractivity (Wildman–Crippen MR) is 78.0 cm³/mol. The van der Waals surface area contributed by atoms with Crippen LogP contribution in [0, 0.1) is 10.1 Å². The zero-order valence-corrected chi connectivity index (χ0v) is 12.0. The Hall–Kier alpha value is -1.76. The molecule has 0 aromatic heterocycles. The van der Waals surface area contributed by atoms with Gasteiger partial charge in [-0.3, -0.25) is 14.9 Å². The van der Waals surface area contributed by atoms with Crippen molar-refractivity contribution in [3.63, 3.8) is 0 Å². The normalized spacial score (nSPS) is 10.1. The molecule has 1 aromatic carbocycles. The summed E-state index contributed by atoms with van der Waals surface area (Å²) in [5, 5.41) is 13.7. The molecule has 0 bridgehead atoms. The second kappa shape index (κ2) is 6.98. The van der Waals surface area contributed by atoms with Gasteiger partial charge in [-0.05, 0) is 18.4 Å². The molecule has 0 atom stereocenters. The topological polar surface area (TPSA) is 75.5 Å². The predicted octanol–water partition coefficient (Wildman–Crippen LogP) is 2.07. The quantitative estimate of drug-likeness (QED) is 0.639. The second-order valence-electron chi connectivity index (χ2n) is 3.96. The lowest BCUT2D eigenvalue weighted by atomic mass is 10.1. The molecular formula is C12H17N3O3S. The Morgan fingerprint density at radius 2 is 2.21 bits per heavy atom. The summed E-state index contributed by atoms with van der Waals surface area (Å²) >= 11 is 1.64. The minimum Gasteiger partial charge on any atom is -0.383 e. The van der Waals surface area contributed by atoms with Crippen molar-refractivity contribution < 1.29 is 9.72 Å². The maximum atomic E-state index is 12.1. The molecule has 0 fully saturated rings. The molecule has 0 spiro atoms. The average Bonchev–Trinajstić information content (AvgIpc) is 2.42. The van der Waals surface area contributed by atoms with Crippen LogP contribution in [0.3, 0.4) is 0 Å². The smallest absolute Gasteiger partial charge is 0.293 e. The van der Waals surface area contributed by atoms with Crippen LogP contribution in [0.4, 0.5) is 11.4 Å². The second-order valence-corrected chi connectivity index (χ2v) is 4.94. The van der Waals surface area contributed by atoms with Crippen molar-refractivity contribution in [2.75, 3.05) is 38.0 Å². The number of rotatable bonds is 6. The molecule has 1 rings (SSSR count). The maximum Gasteiger partial charge on any atom is 0.293 e. The number of hydrogen-bond donors (Lipinski definition) is 1. The lowest BCUT2D eigenvalue weighted by Crippen LogP contribution is -2.28. The van der Waals surface area contributed by atoms with Gasteiger partial charge in [-0.25, -0.2) is 0 Å². The van der Waals surface area contributed by atoms with Crippen molar-refractivity contribution >= 4 is 29.0 Å². The van der Waals surface area contributed by atoms with E-state index in [-0.39, 0.29) is 11.6 Å². The number of nitro benzene ring substituents is 1. The summed E-state index contributed by atoms with van der Waals surface area (Å²) < 4.78 is 0. The molecule has 0 aliphatic rings. The van der Waals surface area contributed by atoms with Gasteiger partial charge in [0.1, 0.15) is 5.69 Å².